The fourth-order valence-corrected chi connectivity index (χ4v) is 3.54. The minimum absolute atomic E-state index is 0.0343. The van der Waals surface area contributed by atoms with E-state index in [9.17, 15) is 4.79 Å². The Bertz CT molecular complexity index is 271. The zero-order chi connectivity index (χ0) is 11.1. The van der Waals surface area contributed by atoms with Crippen LogP contribution in [0.3, 0.4) is 0 Å². The molecule has 0 aromatic heterocycles. The Morgan fingerprint density at radius 2 is 2.00 bits per heavy atom. The highest BCUT2D eigenvalue weighted by atomic mass is 16.7. The lowest BCUT2D eigenvalue weighted by Crippen LogP contribution is -2.27. The third-order valence-corrected chi connectivity index (χ3v) is 4.35. The molecule has 1 saturated heterocycles. The van der Waals surface area contributed by atoms with Crippen molar-refractivity contribution in [2.75, 3.05) is 6.61 Å². The smallest absolute Gasteiger partial charge is 0.157 e. The molecule has 0 amide bonds. The molecule has 3 aliphatic rings. The van der Waals surface area contributed by atoms with Gasteiger partial charge in [0.05, 0.1) is 6.10 Å². The van der Waals surface area contributed by atoms with Crippen molar-refractivity contribution in [1.82, 2.24) is 0 Å². The second-order valence-electron chi connectivity index (χ2n) is 5.49. The van der Waals surface area contributed by atoms with Gasteiger partial charge >= 0.3 is 0 Å². The number of Topliss-reactive ketones (excluding diaryl/α,β-unsaturated/α-hetero) is 1. The van der Waals surface area contributed by atoms with Crippen molar-refractivity contribution in [3.8, 4) is 0 Å². The van der Waals surface area contributed by atoms with Crippen LogP contribution in [-0.2, 0) is 14.3 Å². The van der Waals surface area contributed by atoms with Crippen molar-refractivity contribution in [2.24, 2.45) is 17.8 Å². The summed E-state index contributed by atoms with van der Waals surface area (Å²) in [5, 5.41) is 0. The topological polar surface area (TPSA) is 35.5 Å². The lowest BCUT2D eigenvalue weighted by Gasteiger charge is -2.26. The molecule has 1 aliphatic heterocycles. The van der Waals surface area contributed by atoms with Gasteiger partial charge < -0.3 is 9.47 Å². The first-order valence-electron chi connectivity index (χ1n) is 6.53. The monoisotopic (exact) mass is 224 g/mol. The van der Waals surface area contributed by atoms with Gasteiger partial charge in [0, 0.05) is 12.5 Å². The fourth-order valence-electron chi connectivity index (χ4n) is 3.54. The van der Waals surface area contributed by atoms with Crippen molar-refractivity contribution >= 4 is 5.78 Å². The Kier molecular flexibility index (Phi) is 2.76. The van der Waals surface area contributed by atoms with Crippen molar-refractivity contribution in [1.29, 1.82) is 0 Å². The first kappa shape index (κ1) is 10.7. The van der Waals surface area contributed by atoms with Gasteiger partial charge in [-0.15, -0.1) is 0 Å². The Labute approximate surface area is 96.5 Å². The Hall–Kier alpha value is -0.410. The number of carbonyl (C=O) groups is 1. The molecule has 0 aromatic carbocycles. The van der Waals surface area contributed by atoms with Gasteiger partial charge in [-0.25, -0.2) is 0 Å². The van der Waals surface area contributed by atoms with E-state index >= 15 is 0 Å². The summed E-state index contributed by atoms with van der Waals surface area (Å²) in [6.07, 6.45) is 5.98. The standard InChI is InChI=1S/C13H20O3/c1-8(14)13-10-6-9(7-11(10)13)16-12-4-2-3-5-15-12/h9-13H,2-7H2,1H3. The molecule has 3 rings (SSSR count). The largest absolute Gasteiger partial charge is 0.353 e. The first-order chi connectivity index (χ1) is 7.75. The number of ketones is 1. The van der Waals surface area contributed by atoms with E-state index in [-0.39, 0.29) is 6.29 Å². The maximum Gasteiger partial charge on any atom is 0.157 e. The summed E-state index contributed by atoms with van der Waals surface area (Å²) in [5.74, 6) is 2.01. The van der Waals surface area contributed by atoms with E-state index in [1.165, 1.54) is 12.8 Å². The van der Waals surface area contributed by atoms with Crippen LogP contribution in [0.2, 0.25) is 0 Å². The quantitative estimate of drug-likeness (QED) is 0.736. The summed E-state index contributed by atoms with van der Waals surface area (Å²) in [6.45, 7) is 2.57. The molecule has 3 atom stereocenters. The van der Waals surface area contributed by atoms with Crippen molar-refractivity contribution in [2.45, 2.75) is 51.4 Å². The third kappa shape index (κ3) is 1.91. The van der Waals surface area contributed by atoms with Gasteiger partial charge in [-0.2, -0.15) is 0 Å². The van der Waals surface area contributed by atoms with Crippen LogP contribution in [0.15, 0.2) is 0 Å². The van der Waals surface area contributed by atoms with E-state index < -0.39 is 0 Å². The van der Waals surface area contributed by atoms with E-state index in [2.05, 4.69) is 0 Å². The number of carbonyl (C=O) groups excluding carboxylic acids is 1. The molecule has 2 saturated carbocycles. The predicted molar refractivity (Wildman–Crippen MR) is 58.8 cm³/mol. The highest BCUT2D eigenvalue weighted by Gasteiger charge is 2.58. The van der Waals surface area contributed by atoms with Crippen LogP contribution in [0.1, 0.15) is 39.0 Å². The molecule has 0 N–H and O–H groups in total. The van der Waals surface area contributed by atoms with Crippen molar-refractivity contribution in [3.63, 3.8) is 0 Å². The van der Waals surface area contributed by atoms with Gasteiger partial charge in [0.1, 0.15) is 5.78 Å². The molecule has 90 valence electrons. The van der Waals surface area contributed by atoms with Gasteiger partial charge in [-0.1, -0.05) is 0 Å². The van der Waals surface area contributed by atoms with Crippen LogP contribution in [0.4, 0.5) is 0 Å². The van der Waals surface area contributed by atoms with Gasteiger partial charge in [-0.3, -0.25) is 4.79 Å². The summed E-state index contributed by atoms with van der Waals surface area (Å²) in [6, 6.07) is 0. The van der Waals surface area contributed by atoms with Crippen LogP contribution in [0, 0.1) is 17.8 Å². The maximum absolute atomic E-state index is 11.3. The Balaban J connectivity index is 1.45. The molecule has 3 fully saturated rings. The molecule has 0 bridgehead atoms. The molecular weight excluding hydrogens is 204 g/mol. The second kappa shape index (κ2) is 4.11. The average molecular weight is 224 g/mol. The van der Waals surface area contributed by atoms with E-state index in [1.54, 1.807) is 6.92 Å². The van der Waals surface area contributed by atoms with Crippen molar-refractivity contribution < 1.29 is 14.3 Å². The van der Waals surface area contributed by atoms with E-state index in [4.69, 9.17) is 9.47 Å². The normalized spacial score (nSPS) is 46.4. The van der Waals surface area contributed by atoms with E-state index in [0.29, 0.717) is 29.6 Å². The van der Waals surface area contributed by atoms with Gasteiger partial charge in [0.2, 0.25) is 0 Å². The van der Waals surface area contributed by atoms with E-state index in [0.717, 1.165) is 25.9 Å². The van der Waals surface area contributed by atoms with Gasteiger partial charge in [-0.05, 0) is 50.9 Å². The summed E-state index contributed by atoms with van der Waals surface area (Å²) in [7, 11) is 0. The highest BCUT2D eigenvalue weighted by Crippen LogP contribution is 2.58. The van der Waals surface area contributed by atoms with Crippen LogP contribution in [0.25, 0.3) is 0 Å². The van der Waals surface area contributed by atoms with Crippen molar-refractivity contribution in [3.05, 3.63) is 0 Å². The summed E-state index contributed by atoms with van der Waals surface area (Å²) in [5.41, 5.74) is 0. The number of hydrogen-bond donors (Lipinski definition) is 0. The molecule has 2 aliphatic carbocycles. The molecule has 3 unspecified atom stereocenters. The highest BCUT2D eigenvalue weighted by molar-refractivity contribution is 5.82. The minimum atomic E-state index is 0.0343. The lowest BCUT2D eigenvalue weighted by molar-refractivity contribution is -0.188. The molecule has 1 heterocycles. The molecule has 0 aromatic rings. The zero-order valence-corrected chi connectivity index (χ0v) is 9.85. The Morgan fingerprint density at radius 3 is 2.56 bits per heavy atom. The summed E-state index contributed by atoms with van der Waals surface area (Å²) in [4.78, 5) is 11.3. The van der Waals surface area contributed by atoms with Gasteiger partial charge in [0.15, 0.2) is 6.29 Å². The second-order valence-corrected chi connectivity index (χ2v) is 5.49. The van der Waals surface area contributed by atoms with Crippen LogP contribution < -0.4 is 0 Å². The number of hydrogen-bond acceptors (Lipinski definition) is 3. The molecule has 0 radical (unpaired) electrons. The fraction of sp³-hybridized carbons (Fsp3) is 0.923. The Morgan fingerprint density at radius 1 is 1.25 bits per heavy atom. The molecular formula is C13H20O3. The molecule has 0 spiro atoms. The minimum Gasteiger partial charge on any atom is -0.353 e. The predicted octanol–water partition coefficient (Wildman–Crippen LogP) is 2.14. The first-order valence-corrected chi connectivity index (χ1v) is 6.53. The van der Waals surface area contributed by atoms with Crippen LogP contribution >= 0.6 is 0 Å². The number of ether oxygens (including phenoxy) is 2. The average Bonchev–Trinajstić information content (AvgIpc) is 2.79. The SMILES string of the molecule is CC(=O)C1C2CC(OC3CCCCO3)CC21. The molecule has 3 nitrogen and oxygen atoms in total. The summed E-state index contributed by atoms with van der Waals surface area (Å²) >= 11 is 0. The van der Waals surface area contributed by atoms with Gasteiger partial charge in [0.25, 0.3) is 0 Å². The third-order valence-electron chi connectivity index (χ3n) is 4.35. The molecule has 3 heteroatoms. The summed E-state index contributed by atoms with van der Waals surface area (Å²) < 4.78 is 11.5. The van der Waals surface area contributed by atoms with E-state index in [1.807, 2.05) is 0 Å². The number of rotatable bonds is 3. The maximum atomic E-state index is 11.3. The van der Waals surface area contributed by atoms with Crippen LogP contribution in [-0.4, -0.2) is 24.8 Å². The van der Waals surface area contributed by atoms with Crippen LogP contribution in [0.5, 0.6) is 0 Å². The zero-order valence-electron chi connectivity index (χ0n) is 9.85. The molecule has 16 heavy (non-hydrogen) atoms. The number of fused-ring (bicyclic) bond motifs is 1. The lowest BCUT2D eigenvalue weighted by atomic mass is 10.1.